The molecule has 0 saturated carbocycles. The second-order valence-electron chi connectivity index (χ2n) is 11.6. The maximum absolute atomic E-state index is 13.6. The summed E-state index contributed by atoms with van der Waals surface area (Å²) in [5, 5.41) is 0. The van der Waals surface area contributed by atoms with Gasteiger partial charge in [0.25, 0.3) is 0 Å². The second-order valence-corrected chi connectivity index (χ2v) is 11.6. The van der Waals surface area contributed by atoms with Crippen LogP contribution in [0.15, 0.2) is 30.3 Å². The van der Waals surface area contributed by atoms with E-state index in [0.717, 1.165) is 5.75 Å². The monoisotopic (exact) mass is 860 g/mol. The Balaban J connectivity index is 1.17. The number of rotatable bonds is 41. The van der Waals surface area contributed by atoms with Crippen molar-refractivity contribution in [3.05, 3.63) is 59.4 Å². The van der Waals surface area contributed by atoms with Gasteiger partial charge < -0.3 is 66.3 Å². The molecule has 15 nitrogen and oxygen atoms in total. The van der Waals surface area contributed by atoms with Crippen molar-refractivity contribution in [1.82, 2.24) is 0 Å². The first kappa shape index (κ1) is 52.0. The zero-order valence-electron chi connectivity index (χ0n) is 33.3. The fourth-order valence-electron chi connectivity index (χ4n) is 4.25. The average molecular weight is 861 g/mol. The van der Waals surface area contributed by atoms with E-state index in [1.54, 1.807) is 0 Å². The van der Waals surface area contributed by atoms with Crippen LogP contribution in [0.3, 0.4) is 0 Å². The first-order valence-corrected chi connectivity index (χ1v) is 19.2. The Morgan fingerprint density at radius 2 is 0.593 bits per heavy atom. The number of hydrogen-bond acceptors (Lipinski definition) is 15. The predicted molar refractivity (Wildman–Crippen MR) is 198 cm³/mol. The molecule has 2 aromatic carbocycles. The van der Waals surface area contributed by atoms with Gasteiger partial charge in [-0.3, -0.25) is 4.79 Å². The van der Waals surface area contributed by atoms with Gasteiger partial charge in [-0.05, 0) is 12.1 Å². The molecule has 0 aliphatic heterocycles. The molecule has 0 spiro atoms. The summed E-state index contributed by atoms with van der Waals surface area (Å²) in [7, 11) is 0. The smallest absolute Gasteiger partial charge is 0.313 e. The molecular formula is C39H57F5O15. The molecule has 2 aromatic rings. The van der Waals surface area contributed by atoms with Crippen LogP contribution in [0.2, 0.25) is 0 Å². The van der Waals surface area contributed by atoms with Crippen molar-refractivity contribution in [2.45, 2.75) is 6.42 Å². The Morgan fingerprint density at radius 1 is 0.339 bits per heavy atom. The minimum absolute atomic E-state index is 0.0768. The molecule has 0 aliphatic rings. The highest BCUT2D eigenvalue weighted by atomic mass is 19.2. The third-order valence-electron chi connectivity index (χ3n) is 7.17. The number of para-hydroxylation sites is 1. The van der Waals surface area contributed by atoms with Crippen LogP contribution in [0.4, 0.5) is 22.0 Å². The summed E-state index contributed by atoms with van der Waals surface area (Å²) in [5.74, 6) is -13.3. The van der Waals surface area contributed by atoms with Gasteiger partial charge in [-0.25, -0.2) is 13.2 Å². The quantitative estimate of drug-likeness (QED) is 0.0237. The van der Waals surface area contributed by atoms with Crippen LogP contribution in [-0.4, -0.2) is 171 Å². The van der Waals surface area contributed by atoms with E-state index in [-0.39, 0.29) is 26.4 Å². The maximum Gasteiger partial charge on any atom is 0.313 e. The molecule has 0 aromatic heterocycles. The lowest BCUT2D eigenvalue weighted by Crippen LogP contribution is -2.16. The molecule has 0 fully saturated rings. The van der Waals surface area contributed by atoms with Crippen molar-refractivity contribution < 1.29 is 93.1 Å². The Kier molecular flexibility index (Phi) is 32.4. The van der Waals surface area contributed by atoms with Crippen molar-refractivity contribution in [3.8, 4) is 11.5 Å². The maximum atomic E-state index is 13.6. The lowest BCUT2D eigenvalue weighted by Gasteiger charge is -2.09. The number of esters is 1. The number of benzene rings is 2. The summed E-state index contributed by atoms with van der Waals surface area (Å²) < 4.78 is 141. The van der Waals surface area contributed by atoms with Gasteiger partial charge in [0, 0.05) is 0 Å². The molecule has 0 amide bonds. The zero-order valence-corrected chi connectivity index (χ0v) is 33.3. The van der Waals surface area contributed by atoms with Crippen molar-refractivity contribution in [1.29, 1.82) is 0 Å². The second kappa shape index (κ2) is 36.7. The molecule has 2 rings (SSSR count). The number of hydrogen-bond donors (Lipinski definition) is 0. The van der Waals surface area contributed by atoms with Crippen LogP contribution < -0.4 is 9.47 Å². The van der Waals surface area contributed by atoms with Gasteiger partial charge in [0.2, 0.25) is 34.8 Å². The van der Waals surface area contributed by atoms with Crippen LogP contribution in [-0.2, 0) is 61.6 Å². The van der Waals surface area contributed by atoms with Gasteiger partial charge in [0.15, 0.2) is 0 Å². The molecule has 0 heterocycles. The summed E-state index contributed by atoms with van der Waals surface area (Å²) >= 11 is 0. The first-order valence-electron chi connectivity index (χ1n) is 19.2. The third kappa shape index (κ3) is 27.4. The van der Waals surface area contributed by atoms with Crippen molar-refractivity contribution in [2.75, 3.05) is 165 Å². The Hall–Kier alpha value is -3.12. The van der Waals surface area contributed by atoms with Crippen LogP contribution >= 0.6 is 0 Å². The lowest BCUT2D eigenvalue weighted by atomic mass is 10.2. The lowest BCUT2D eigenvalue weighted by molar-refractivity contribution is -0.136. The van der Waals surface area contributed by atoms with Gasteiger partial charge in [-0.15, -0.1) is 0 Å². The molecule has 338 valence electrons. The summed E-state index contributed by atoms with van der Waals surface area (Å²) in [5.41, 5.74) is 0. The highest BCUT2D eigenvalue weighted by Crippen LogP contribution is 2.29. The van der Waals surface area contributed by atoms with E-state index in [1.165, 1.54) is 0 Å². The average Bonchev–Trinajstić information content (AvgIpc) is 3.25. The van der Waals surface area contributed by atoms with Crippen LogP contribution in [0, 0.1) is 29.1 Å². The minimum Gasteiger partial charge on any atom is -0.491 e. The van der Waals surface area contributed by atoms with Crippen LogP contribution in [0.25, 0.3) is 0 Å². The van der Waals surface area contributed by atoms with E-state index in [1.807, 2.05) is 30.3 Å². The summed E-state index contributed by atoms with van der Waals surface area (Å²) in [6.45, 7) is 9.64. The fourth-order valence-corrected chi connectivity index (χ4v) is 4.25. The van der Waals surface area contributed by atoms with Crippen LogP contribution in [0.5, 0.6) is 11.5 Å². The SMILES string of the molecule is O=C(CCOCCOCCOCCOCCOCCOCCOCCOCCOCCOCCOCCOCCOc1ccccc1)Oc1c(F)c(F)c(F)c(F)c1F. The van der Waals surface area contributed by atoms with E-state index < -0.39 is 47.2 Å². The number of carbonyl (C=O) groups is 1. The van der Waals surface area contributed by atoms with E-state index in [4.69, 9.17) is 61.6 Å². The minimum atomic E-state index is -2.35. The van der Waals surface area contributed by atoms with Crippen molar-refractivity contribution in [2.24, 2.45) is 0 Å². The largest absolute Gasteiger partial charge is 0.491 e. The molecular weight excluding hydrogens is 803 g/mol. The topological polar surface area (TPSA) is 146 Å². The van der Waals surface area contributed by atoms with Gasteiger partial charge in [0.1, 0.15) is 12.4 Å². The molecule has 0 bridgehead atoms. The van der Waals surface area contributed by atoms with E-state index in [9.17, 15) is 26.7 Å². The van der Waals surface area contributed by atoms with Gasteiger partial charge >= 0.3 is 5.97 Å². The van der Waals surface area contributed by atoms with Crippen molar-refractivity contribution in [3.63, 3.8) is 0 Å². The number of ether oxygens (including phenoxy) is 14. The fraction of sp³-hybridized carbons (Fsp3) is 0.667. The Morgan fingerprint density at radius 3 is 0.898 bits per heavy atom. The van der Waals surface area contributed by atoms with Gasteiger partial charge in [-0.1, -0.05) is 18.2 Å². The molecule has 0 unspecified atom stereocenters. The summed E-state index contributed by atoms with van der Waals surface area (Å²) in [6, 6.07) is 9.60. The predicted octanol–water partition coefficient (Wildman–Crippen LogP) is 3.96. The molecule has 59 heavy (non-hydrogen) atoms. The van der Waals surface area contributed by atoms with Gasteiger partial charge in [0.05, 0.1) is 165 Å². The first-order chi connectivity index (χ1) is 28.9. The molecule has 0 saturated heterocycles. The van der Waals surface area contributed by atoms with Crippen molar-refractivity contribution >= 4 is 5.97 Å². The molecule has 0 aliphatic carbocycles. The molecule has 20 heteroatoms. The number of halogens is 5. The highest BCUT2D eigenvalue weighted by molar-refractivity contribution is 5.72. The number of carbonyl (C=O) groups excluding carboxylic acids is 1. The Bertz CT molecular complexity index is 1290. The summed E-state index contributed by atoms with van der Waals surface area (Å²) in [6.07, 6.45) is -0.490. The van der Waals surface area contributed by atoms with E-state index in [0.29, 0.717) is 139 Å². The molecule has 0 N–H and O–H groups in total. The highest BCUT2D eigenvalue weighted by Gasteiger charge is 2.28. The van der Waals surface area contributed by atoms with Crippen LogP contribution in [0.1, 0.15) is 6.42 Å². The zero-order chi connectivity index (χ0) is 42.4. The normalized spacial score (nSPS) is 11.4. The Labute approximate surface area is 341 Å². The summed E-state index contributed by atoms with van der Waals surface area (Å²) in [4.78, 5) is 11.7. The van der Waals surface area contributed by atoms with E-state index in [2.05, 4.69) is 4.74 Å². The standard InChI is InChI=1S/C39H57F5O15/c40-34-35(41)37(43)39(38(44)36(34)42)59-33(45)6-7-46-8-9-47-10-11-48-12-13-49-14-15-50-16-17-51-18-19-52-20-21-53-22-23-54-24-25-55-26-27-56-28-29-57-30-31-58-32-4-2-1-3-5-32/h1-5H,6-31H2. The van der Waals surface area contributed by atoms with Gasteiger partial charge in [-0.2, -0.15) is 8.78 Å². The van der Waals surface area contributed by atoms with E-state index >= 15 is 0 Å². The molecule has 0 radical (unpaired) electrons. The molecule has 0 atom stereocenters. The third-order valence-corrected chi connectivity index (χ3v) is 7.17.